The molecule has 0 aromatic rings. The summed E-state index contributed by atoms with van der Waals surface area (Å²) in [6.45, 7) is 8.91. The van der Waals surface area contributed by atoms with Gasteiger partial charge in [-0.1, -0.05) is 13.8 Å². The predicted octanol–water partition coefficient (Wildman–Crippen LogP) is 1.94. The third-order valence-corrected chi connectivity index (χ3v) is 2.26. The number of rotatable bonds is 7. The van der Waals surface area contributed by atoms with E-state index < -0.39 is 6.10 Å². The van der Waals surface area contributed by atoms with E-state index in [1.165, 1.54) is 0 Å². The monoisotopic (exact) mass is 257 g/mol. The fraction of sp³-hybridized carbons (Fsp3) is 0.846. The molecule has 1 heterocycles. The van der Waals surface area contributed by atoms with Crippen molar-refractivity contribution in [1.29, 1.82) is 0 Å². The lowest BCUT2D eigenvalue weighted by Crippen LogP contribution is -2.22. The van der Waals surface area contributed by atoms with Crippen LogP contribution in [-0.4, -0.2) is 43.3 Å². The molecule has 1 aliphatic heterocycles. The van der Waals surface area contributed by atoms with Gasteiger partial charge in [-0.25, -0.2) is 4.79 Å². The molecule has 18 heavy (non-hydrogen) atoms. The largest absolute Gasteiger partial charge is 0.479 e. The molecule has 0 bridgehead atoms. The topological polar surface area (TPSA) is 60.4 Å². The van der Waals surface area contributed by atoms with Crippen molar-refractivity contribution in [3.8, 4) is 0 Å². The lowest BCUT2D eigenvalue weighted by Gasteiger charge is -2.07. The van der Waals surface area contributed by atoms with Crippen molar-refractivity contribution >= 4 is 11.9 Å². The molecule has 1 saturated heterocycles. The Labute approximate surface area is 109 Å². The van der Waals surface area contributed by atoms with Gasteiger partial charge in [0.05, 0.1) is 13.2 Å². The maximum Gasteiger partial charge on any atom is 0.338 e. The number of epoxide rings is 1. The molecule has 0 N–H and O–H groups in total. The first-order chi connectivity index (χ1) is 8.60. The van der Waals surface area contributed by atoms with Crippen molar-refractivity contribution in [3.63, 3.8) is 0 Å². The molecule has 0 spiro atoms. The van der Waals surface area contributed by atoms with Crippen LogP contribution in [0.5, 0.6) is 0 Å². The van der Waals surface area contributed by atoms with Crippen LogP contribution in [0.25, 0.3) is 0 Å². The summed E-state index contributed by atoms with van der Waals surface area (Å²) in [6, 6.07) is 0.119. The first-order valence-corrected chi connectivity index (χ1v) is 6.62. The standard InChI is InChI=1S/C13H23NO4/c1-5-7-16-12(14-9(3)4)10-11(18-10)13(15)17-8-6-2/h9-11H,5-8H2,1-4H3. The summed E-state index contributed by atoms with van der Waals surface area (Å²) in [5.41, 5.74) is 0. The number of hydrogen-bond donors (Lipinski definition) is 0. The normalized spacial score (nSPS) is 23.1. The molecule has 1 fully saturated rings. The van der Waals surface area contributed by atoms with E-state index in [0.29, 0.717) is 19.1 Å². The van der Waals surface area contributed by atoms with E-state index in [1.807, 2.05) is 27.7 Å². The highest BCUT2D eigenvalue weighted by atomic mass is 16.7. The van der Waals surface area contributed by atoms with Crippen LogP contribution in [0, 0.1) is 0 Å². The van der Waals surface area contributed by atoms with Gasteiger partial charge in [0.15, 0.2) is 12.2 Å². The summed E-state index contributed by atoms with van der Waals surface area (Å²) in [4.78, 5) is 15.9. The highest BCUT2D eigenvalue weighted by molar-refractivity contribution is 5.92. The van der Waals surface area contributed by atoms with Gasteiger partial charge in [-0.05, 0) is 26.7 Å². The highest BCUT2D eigenvalue weighted by Crippen LogP contribution is 2.26. The van der Waals surface area contributed by atoms with Crippen molar-refractivity contribution in [1.82, 2.24) is 0 Å². The Morgan fingerprint density at radius 1 is 1.17 bits per heavy atom. The van der Waals surface area contributed by atoms with E-state index in [4.69, 9.17) is 14.2 Å². The van der Waals surface area contributed by atoms with Crippen LogP contribution >= 0.6 is 0 Å². The van der Waals surface area contributed by atoms with Crippen LogP contribution in [-0.2, 0) is 19.0 Å². The van der Waals surface area contributed by atoms with Gasteiger partial charge in [-0.2, -0.15) is 0 Å². The SMILES string of the molecule is CCCOC(=O)C1OC1C(=NC(C)C)OCCC. The number of nitrogens with zero attached hydrogens (tertiary/aromatic N) is 1. The number of esters is 1. The summed E-state index contributed by atoms with van der Waals surface area (Å²) in [5, 5.41) is 0. The molecular formula is C13H23NO4. The Morgan fingerprint density at radius 2 is 1.78 bits per heavy atom. The van der Waals surface area contributed by atoms with Crippen molar-refractivity contribution in [3.05, 3.63) is 0 Å². The smallest absolute Gasteiger partial charge is 0.338 e. The van der Waals surface area contributed by atoms with Crippen molar-refractivity contribution < 1.29 is 19.0 Å². The second kappa shape index (κ2) is 7.36. The van der Waals surface area contributed by atoms with Gasteiger partial charge >= 0.3 is 5.97 Å². The zero-order chi connectivity index (χ0) is 13.5. The summed E-state index contributed by atoms with van der Waals surface area (Å²) in [5.74, 6) is 0.198. The van der Waals surface area contributed by atoms with Gasteiger partial charge in [0.1, 0.15) is 0 Å². The molecule has 104 valence electrons. The second-order valence-corrected chi connectivity index (χ2v) is 4.55. The fourth-order valence-electron chi connectivity index (χ4n) is 1.42. The molecule has 0 amide bonds. The third-order valence-electron chi connectivity index (χ3n) is 2.26. The van der Waals surface area contributed by atoms with E-state index in [-0.39, 0.29) is 18.1 Å². The Morgan fingerprint density at radius 3 is 2.33 bits per heavy atom. The fourth-order valence-corrected chi connectivity index (χ4v) is 1.42. The molecule has 2 atom stereocenters. The zero-order valence-corrected chi connectivity index (χ0v) is 11.6. The van der Waals surface area contributed by atoms with Crippen molar-refractivity contribution in [2.45, 2.75) is 58.8 Å². The van der Waals surface area contributed by atoms with Gasteiger partial charge in [0, 0.05) is 6.04 Å². The van der Waals surface area contributed by atoms with Crippen LogP contribution in [0.15, 0.2) is 4.99 Å². The predicted molar refractivity (Wildman–Crippen MR) is 68.7 cm³/mol. The molecule has 5 nitrogen and oxygen atoms in total. The molecule has 0 radical (unpaired) electrons. The Balaban J connectivity index is 2.49. The molecule has 1 rings (SSSR count). The molecule has 0 aromatic carbocycles. The lowest BCUT2D eigenvalue weighted by molar-refractivity contribution is -0.145. The van der Waals surface area contributed by atoms with Gasteiger partial charge in [0.25, 0.3) is 0 Å². The molecule has 0 aliphatic carbocycles. The first-order valence-electron chi connectivity index (χ1n) is 6.62. The summed E-state index contributed by atoms with van der Waals surface area (Å²) >= 11 is 0. The van der Waals surface area contributed by atoms with Crippen molar-refractivity contribution in [2.24, 2.45) is 4.99 Å². The van der Waals surface area contributed by atoms with E-state index >= 15 is 0 Å². The number of carbonyl (C=O) groups excluding carboxylic acids is 1. The minimum Gasteiger partial charge on any atom is -0.479 e. The van der Waals surface area contributed by atoms with Crippen LogP contribution in [0.1, 0.15) is 40.5 Å². The average Bonchev–Trinajstić information content (AvgIpc) is 3.11. The number of carbonyl (C=O) groups is 1. The van der Waals surface area contributed by atoms with Gasteiger partial charge in [-0.3, -0.25) is 4.99 Å². The molecule has 2 unspecified atom stereocenters. The Hall–Kier alpha value is -1.10. The lowest BCUT2D eigenvalue weighted by atomic mass is 10.3. The minimum atomic E-state index is -0.536. The van der Waals surface area contributed by atoms with E-state index in [9.17, 15) is 4.79 Å². The maximum absolute atomic E-state index is 11.6. The summed E-state index contributed by atoms with van der Waals surface area (Å²) in [7, 11) is 0. The van der Waals surface area contributed by atoms with E-state index in [2.05, 4.69) is 4.99 Å². The molecule has 5 heteroatoms. The van der Waals surface area contributed by atoms with Crippen LogP contribution in [0.3, 0.4) is 0 Å². The van der Waals surface area contributed by atoms with Crippen LogP contribution in [0.2, 0.25) is 0 Å². The minimum absolute atomic E-state index is 0.119. The number of aliphatic imine (C=N–C) groups is 1. The van der Waals surface area contributed by atoms with Crippen LogP contribution in [0.4, 0.5) is 0 Å². The third kappa shape index (κ3) is 4.64. The summed E-state index contributed by atoms with van der Waals surface area (Å²) < 4.78 is 15.9. The Kier molecular flexibility index (Phi) is 6.12. The second-order valence-electron chi connectivity index (χ2n) is 4.55. The Bertz CT molecular complexity index is 301. The summed E-state index contributed by atoms with van der Waals surface area (Å²) in [6.07, 6.45) is 0.811. The zero-order valence-electron chi connectivity index (χ0n) is 11.6. The molecule has 0 aromatic heterocycles. The molecule has 0 saturated carbocycles. The van der Waals surface area contributed by atoms with Crippen molar-refractivity contribution in [2.75, 3.05) is 13.2 Å². The van der Waals surface area contributed by atoms with Gasteiger partial charge in [0.2, 0.25) is 5.90 Å². The van der Waals surface area contributed by atoms with Crippen LogP contribution < -0.4 is 0 Å². The van der Waals surface area contributed by atoms with E-state index in [0.717, 1.165) is 12.8 Å². The first kappa shape index (κ1) is 15.0. The quantitative estimate of drug-likeness (QED) is 0.303. The number of hydrogen-bond acceptors (Lipinski definition) is 5. The maximum atomic E-state index is 11.6. The van der Waals surface area contributed by atoms with E-state index in [1.54, 1.807) is 0 Å². The number of ether oxygens (including phenoxy) is 3. The van der Waals surface area contributed by atoms with Gasteiger partial charge < -0.3 is 14.2 Å². The molecule has 1 aliphatic rings. The average molecular weight is 257 g/mol. The molecular weight excluding hydrogens is 234 g/mol. The van der Waals surface area contributed by atoms with Gasteiger partial charge in [-0.15, -0.1) is 0 Å². The highest BCUT2D eigenvalue weighted by Gasteiger charge is 2.51.